The van der Waals surface area contributed by atoms with Gasteiger partial charge < -0.3 is 10.6 Å². The third-order valence-corrected chi connectivity index (χ3v) is 6.70. The molecule has 2 fully saturated rings. The Morgan fingerprint density at radius 1 is 1.21 bits per heavy atom. The molecule has 0 aromatic heterocycles. The summed E-state index contributed by atoms with van der Waals surface area (Å²) < 4.78 is 27.0. The summed E-state index contributed by atoms with van der Waals surface area (Å²) in [5.41, 5.74) is 0.479. The minimum atomic E-state index is -3.55. The van der Waals surface area contributed by atoms with E-state index >= 15 is 0 Å². The van der Waals surface area contributed by atoms with Gasteiger partial charge in [0.15, 0.2) is 0 Å². The maximum absolute atomic E-state index is 12.7. The van der Waals surface area contributed by atoms with Gasteiger partial charge in [0.1, 0.15) is 0 Å². The first-order valence-electron chi connectivity index (χ1n) is 7.95. The van der Waals surface area contributed by atoms with E-state index in [9.17, 15) is 18.0 Å². The van der Waals surface area contributed by atoms with Gasteiger partial charge in [0.2, 0.25) is 21.8 Å². The number of nitrogens with zero attached hydrogens (tertiary/aromatic N) is 1. The van der Waals surface area contributed by atoms with Crippen LogP contribution >= 0.6 is 0 Å². The van der Waals surface area contributed by atoms with Crippen molar-refractivity contribution in [3.63, 3.8) is 0 Å². The van der Waals surface area contributed by atoms with Crippen molar-refractivity contribution in [2.45, 2.75) is 31.1 Å². The zero-order valence-electron chi connectivity index (χ0n) is 13.5. The van der Waals surface area contributed by atoms with Crippen LogP contribution in [0.5, 0.6) is 0 Å². The van der Waals surface area contributed by atoms with Crippen molar-refractivity contribution in [3.8, 4) is 0 Å². The Hall–Kier alpha value is -1.93. The molecule has 0 bridgehead atoms. The number of piperidine rings is 1. The fraction of sp³-hybridized carbons (Fsp3) is 0.500. The van der Waals surface area contributed by atoms with Crippen LogP contribution in [0.2, 0.25) is 0 Å². The second-order valence-corrected chi connectivity index (χ2v) is 8.50. The van der Waals surface area contributed by atoms with Crippen molar-refractivity contribution >= 4 is 27.5 Å². The monoisotopic (exact) mass is 351 g/mol. The molecular weight excluding hydrogens is 330 g/mol. The van der Waals surface area contributed by atoms with Gasteiger partial charge >= 0.3 is 0 Å². The van der Waals surface area contributed by atoms with Gasteiger partial charge in [-0.25, -0.2) is 8.42 Å². The van der Waals surface area contributed by atoms with Gasteiger partial charge in [-0.1, -0.05) is 0 Å². The molecule has 2 heterocycles. The quantitative estimate of drug-likeness (QED) is 0.847. The first kappa shape index (κ1) is 16.9. The summed E-state index contributed by atoms with van der Waals surface area (Å²) in [6.07, 6.45) is 1.87. The zero-order chi connectivity index (χ0) is 17.4. The smallest absolute Gasteiger partial charge is 0.243 e. The first-order chi connectivity index (χ1) is 11.3. The lowest BCUT2D eigenvalue weighted by Crippen LogP contribution is -2.43. The minimum Gasteiger partial charge on any atom is -0.356 e. The predicted octanol–water partition coefficient (Wildman–Crippen LogP) is 0.936. The van der Waals surface area contributed by atoms with Crippen molar-refractivity contribution in [1.82, 2.24) is 9.62 Å². The number of rotatable bonds is 3. The maximum Gasteiger partial charge on any atom is 0.243 e. The SMILES string of the molecule is CC(=O)Nc1ccc(S(=O)(=O)N2CCC3(CC2)CNC(=O)C3)cc1. The summed E-state index contributed by atoms with van der Waals surface area (Å²) in [6, 6.07) is 6.18. The van der Waals surface area contributed by atoms with Crippen LogP contribution in [0.25, 0.3) is 0 Å². The Balaban J connectivity index is 1.70. The molecule has 1 aromatic carbocycles. The topological polar surface area (TPSA) is 95.6 Å². The number of carbonyl (C=O) groups is 2. The molecule has 2 aliphatic rings. The molecular formula is C16H21N3O4S. The zero-order valence-corrected chi connectivity index (χ0v) is 14.4. The van der Waals surface area contributed by atoms with E-state index in [0.717, 1.165) is 0 Å². The number of benzene rings is 1. The van der Waals surface area contributed by atoms with E-state index in [1.54, 1.807) is 12.1 Å². The van der Waals surface area contributed by atoms with Crippen LogP contribution in [-0.2, 0) is 19.6 Å². The van der Waals surface area contributed by atoms with Crippen LogP contribution in [0.15, 0.2) is 29.2 Å². The van der Waals surface area contributed by atoms with Gasteiger partial charge in [-0.2, -0.15) is 4.31 Å². The van der Waals surface area contributed by atoms with Crippen LogP contribution in [0.4, 0.5) is 5.69 Å². The summed E-state index contributed by atoms with van der Waals surface area (Å²) >= 11 is 0. The van der Waals surface area contributed by atoms with Crippen LogP contribution in [0.3, 0.4) is 0 Å². The number of nitrogens with one attached hydrogen (secondary N) is 2. The Morgan fingerprint density at radius 3 is 2.33 bits per heavy atom. The molecule has 2 N–H and O–H groups in total. The number of hydrogen-bond donors (Lipinski definition) is 2. The molecule has 0 aliphatic carbocycles. The van der Waals surface area contributed by atoms with Crippen molar-refractivity contribution < 1.29 is 18.0 Å². The highest BCUT2D eigenvalue weighted by Crippen LogP contribution is 2.38. The maximum atomic E-state index is 12.7. The lowest BCUT2D eigenvalue weighted by molar-refractivity contribution is -0.119. The van der Waals surface area contributed by atoms with Crippen LogP contribution < -0.4 is 10.6 Å². The average molecular weight is 351 g/mol. The molecule has 2 aliphatic heterocycles. The van der Waals surface area contributed by atoms with Gasteiger partial charge in [-0.3, -0.25) is 9.59 Å². The summed E-state index contributed by atoms with van der Waals surface area (Å²) in [6.45, 7) is 2.89. The second-order valence-electron chi connectivity index (χ2n) is 6.56. The standard InChI is InChI=1S/C16H21N3O4S/c1-12(20)18-13-2-4-14(5-3-13)24(22,23)19-8-6-16(7-9-19)10-15(21)17-11-16/h2-5H,6-11H2,1H3,(H,17,21)(H,18,20). The lowest BCUT2D eigenvalue weighted by Gasteiger charge is -2.37. The molecule has 1 aromatic rings. The van der Waals surface area contributed by atoms with E-state index in [0.29, 0.717) is 44.6 Å². The predicted molar refractivity (Wildman–Crippen MR) is 88.8 cm³/mol. The molecule has 3 rings (SSSR count). The fourth-order valence-corrected chi connectivity index (χ4v) is 4.81. The van der Waals surface area contributed by atoms with Gasteiger partial charge in [-0.05, 0) is 42.5 Å². The van der Waals surface area contributed by atoms with Gasteiger partial charge in [0, 0.05) is 38.7 Å². The summed E-state index contributed by atoms with van der Waals surface area (Å²) in [4.78, 5) is 22.7. The highest BCUT2D eigenvalue weighted by molar-refractivity contribution is 7.89. The summed E-state index contributed by atoms with van der Waals surface area (Å²) in [7, 11) is -3.55. The van der Waals surface area contributed by atoms with E-state index < -0.39 is 10.0 Å². The fourth-order valence-electron chi connectivity index (χ4n) is 3.37. The van der Waals surface area contributed by atoms with Crippen molar-refractivity contribution in [1.29, 1.82) is 0 Å². The van der Waals surface area contributed by atoms with Crippen LogP contribution in [-0.4, -0.2) is 44.2 Å². The Kier molecular flexibility index (Phi) is 4.35. The Bertz CT molecular complexity index is 750. The van der Waals surface area contributed by atoms with E-state index in [2.05, 4.69) is 10.6 Å². The molecule has 0 radical (unpaired) electrons. The number of hydrogen-bond acceptors (Lipinski definition) is 4. The van der Waals surface area contributed by atoms with E-state index in [1.807, 2.05) is 0 Å². The number of amides is 2. The number of anilines is 1. The van der Waals surface area contributed by atoms with Crippen molar-refractivity contribution in [3.05, 3.63) is 24.3 Å². The van der Waals surface area contributed by atoms with E-state index in [1.165, 1.54) is 23.4 Å². The number of carbonyl (C=O) groups excluding carboxylic acids is 2. The summed E-state index contributed by atoms with van der Waals surface area (Å²) in [5.74, 6) is -0.147. The summed E-state index contributed by atoms with van der Waals surface area (Å²) in [5, 5.41) is 5.46. The molecule has 24 heavy (non-hydrogen) atoms. The van der Waals surface area contributed by atoms with Crippen LogP contribution in [0.1, 0.15) is 26.2 Å². The number of sulfonamides is 1. The molecule has 0 saturated carbocycles. The second kappa shape index (κ2) is 6.18. The normalized spacial score (nSPS) is 20.8. The van der Waals surface area contributed by atoms with Crippen molar-refractivity contribution in [2.75, 3.05) is 25.0 Å². The Morgan fingerprint density at radius 2 is 1.83 bits per heavy atom. The highest BCUT2D eigenvalue weighted by atomic mass is 32.2. The average Bonchev–Trinajstić information content (AvgIpc) is 2.88. The molecule has 7 nitrogen and oxygen atoms in total. The molecule has 2 saturated heterocycles. The lowest BCUT2D eigenvalue weighted by atomic mass is 9.78. The van der Waals surface area contributed by atoms with Gasteiger partial charge in [-0.15, -0.1) is 0 Å². The largest absolute Gasteiger partial charge is 0.356 e. The van der Waals surface area contributed by atoms with Crippen LogP contribution in [0, 0.1) is 5.41 Å². The molecule has 0 atom stereocenters. The Labute approximate surface area is 141 Å². The minimum absolute atomic E-state index is 0.0554. The third kappa shape index (κ3) is 3.29. The van der Waals surface area contributed by atoms with E-state index in [4.69, 9.17) is 0 Å². The van der Waals surface area contributed by atoms with Gasteiger partial charge in [0.05, 0.1) is 4.90 Å². The molecule has 2 amide bonds. The third-order valence-electron chi connectivity index (χ3n) is 4.79. The molecule has 0 unspecified atom stereocenters. The van der Waals surface area contributed by atoms with Gasteiger partial charge in [0.25, 0.3) is 0 Å². The van der Waals surface area contributed by atoms with Crippen molar-refractivity contribution in [2.24, 2.45) is 5.41 Å². The molecule has 130 valence electrons. The highest BCUT2D eigenvalue weighted by Gasteiger charge is 2.43. The van der Waals surface area contributed by atoms with E-state index in [-0.39, 0.29) is 22.1 Å². The first-order valence-corrected chi connectivity index (χ1v) is 9.39. The molecule has 1 spiro atoms. The molecule has 8 heteroatoms.